The van der Waals surface area contributed by atoms with Gasteiger partial charge in [-0.25, -0.2) is 13.4 Å². The van der Waals surface area contributed by atoms with Gasteiger partial charge in [0.05, 0.1) is 40.7 Å². The van der Waals surface area contributed by atoms with Crippen molar-refractivity contribution in [1.82, 2.24) is 9.97 Å². The molecular weight excluding hydrogens is 472 g/mol. The highest BCUT2D eigenvalue weighted by atomic mass is 79.9. The van der Waals surface area contributed by atoms with Crippen LogP contribution in [-0.2, 0) is 9.84 Å². The Morgan fingerprint density at radius 1 is 1.03 bits per heavy atom. The molecule has 3 rings (SSSR count). The van der Waals surface area contributed by atoms with Crippen LogP contribution in [0.4, 0.5) is 23.1 Å². The lowest BCUT2D eigenvalue weighted by molar-refractivity contribution is 0.395. The minimum absolute atomic E-state index is 0.000701. The van der Waals surface area contributed by atoms with Crippen LogP contribution in [0, 0.1) is 0 Å². The Hall–Kier alpha value is -2.85. The van der Waals surface area contributed by atoms with Gasteiger partial charge in [0.1, 0.15) is 17.3 Å². The highest BCUT2D eigenvalue weighted by Crippen LogP contribution is 2.33. The van der Waals surface area contributed by atoms with E-state index >= 15 is 0 Å². The van der Waals surface area contributed by atoms with E-state index in [0.717, 1.165) is 0 Å². The van der Waals surface area contributed by atoms with E-state index in [9.17, 15) is 8.42 Å². The Kier molecular flexibility index (Phi) is 6.78. The molecule has 0 saturated carbocycles. The fourth-order valence-electron chi connectivity index (χ4n) is 2.66. The molecule has 0 aliphatic carbocycles. The van der Waals surface area contributed by atoms with Gasteiger partial charge in [0.25, 0.3) is 0 Å². The lowest BCUT2D eigenvalue weighted by Crippen LogP contribution is -2.08. The zero-order chi connectivity index (χ0) is 21.7. The molecule has 0 aliphatic rings. The molecule has 3 aromatic rings. The van der Waals surface area contributed by atoms with E-state index < -0.39 is 9.84 Å². The van der Waals surface area contributed by atoms with Crippen LogP contribution in [-0.4, -0.2) is 38.4 Å². The third kappa shape index (κ3) is 4.82. The lowest BCUT2D eigenvalue weighted by Gasteiger charge is -2.14. The summed E-state index contributed by atoms with van der Waals surface area (Å²) in [6.07, 6.45) is 1.57. The maximum Gasteiger partial charge on any atom is 0.229 e. The normalized spacial score (nSPS) is 11.1. The fraction of sp³-hybridized carbons (Fsp3) is 0.200. The van der Waals surface area contributed by atoms with Crippen molar-refractivity contribution in [3.63, 3.8) is 0 Å². The average Bonchev–Trinajstić information content (AvgIpc) is 2.76. The number of anilines is 4. The highest BCUT2D eigenvalue weighted by Gasteiger charge is 2.17. The van der Waals surface area contributed by atoms with Crippen molar-refractivity contribution in [3.8, 4) is 11.5 Å². The summed E-state index contributed by atoms with van der Waals surface area (Å²) < 4.78 is 36.0. The third-order valence-corrected chi connectivity index (χ3v) is 6.62. The zero-order valence-corrected chi connectivity index (χ0v) is 19.0. The number of ether oxygens (including phenoxy) is 2. The molecule has 0 aliphatic heterocycles. The summed E-state index contributed by atoms with van der Waals surface area (Å²) in [5, 5.41) is 6.19. The van der Waals surface area contributed by atoms with E-state index in [0.29, 0.717) is 39.1 Å². The maximum atomic E-state index is 12.4. The number of benzene rings is 2. The van der Waals surface area contributed by atoms with Crippen LogP contribution in [0.2, 0.25) is 0 Å². The van der Waals surface area contributed by atoms with Crippen molar-refractivity contribution in [2.75, 3.05) is 30.6 Å². The molecule has 8 nitrogen and oxygen atoms in total. The number of nitrogens with one attached hydrogen (secondary N) is 2. The Morgan fingerprint density at radius 2 is 1.80 bits per heavy atom. The highest BCUT2D eigenvalue weighted by molar-refractivity contribution is 9.10. The van der Waals surface area contributed by atoms with Gasteiger partial charge in [-0.1, -0.05) is 19.1 Å². The molecule has 2 aromatic carbocycles. The molecule has 30 heavy (non-hydrogen) atoms. The van der Waals surface area contributed by atoms with Gasteiger partial charge >= 0.3 is 0 Å². The molecule has 158 valence electrons. The number of aromatic nitrogens is 2. The Morgan fingerprint density at radius 3 is 2.50 bits per heavy atom. The monoisotopic (exact) mass is 492 g/mol. The van der Waals surface area contributed by atoms with Gasteiger partial charge in [0, 0.05) is 12.3 Å². The molecule has 0 saturated heterocycles. The van der Waals surface area contributed by atoms with E-state index in [4.69, 9.17) is 9.47 Å². The number of hydrogen-bond donors (Lipinski definition) is 2. The van der Waals surface area contributed by atoms with E-state index in [2.05, 4.69) is 36.5 Å². The summed E-state index contributed by atoms with van der Waals surface area (Å²) in [4.78, 5) is 8.95. The largest absolute Gasteiger partial charge is 0.497 e. The number of halogens is 1. The first-order chi connectivity index (χ1) is 14.4. The van der Waals surface area contributed by atoms with Crippen LogP contribution in [0.25, 0.3) is 0 Å². The predicted molar refractivity (Wildman–Crippen MR) is 120 cm³/mol. The fourth-order valence-corrected chi connectivity index (χ4v) is 4.00. The third-order valence-electron chi connectivity index (χ3n) is 4.25. The Balaban J connectivity index is 1.93. The van der Waals surface area contributed by atoms with Crippen molar-refractivity contribution in [2.24, 2.45) is 0 Å². The lowest BCUT2D eigenvalue weighted by atomic mass is 10.2. The van der Waals surface area contributed by atoms with Crippen molar-refractivity contribution in [3.05, 3.63) is 53.1 Å². The zero-order valence-electron chi connectivity index (χ0n) is 16.6. The molecule has 0 bridgehead atoms. The minimum atomic E-state index is -3.40. The van der Waals surface area contributed by atoms with E-state index in [1.54, 1.807) is 69.8 Å². The molecule has 1 aromatic heterocycles. The quantitative estimate of drug-likeness (QED) is 0.472. The van der Waals surface area contributed by atoms with Crippen LogP contribution in [0.5, 0.6) is 11.5 Å². The first kappa shape index (κ1) is 21.8. The summed E-state index contributed by atoms with van der Waals surface area (Å²) in [7, 11) is -0.268. The molecule has 0 fully saturated rings. The van der Waals surface area contributed by atoms with Crippen LogP contribution in [0.3, 0.4) is 0 Å². The summed E-state index contributed by atoms with van der Waals surface area (Å²) >= 11 is 3.41. The van der Waals surface area contributed by atoms with Crippen molar-refractivity contribution in [2.45, 2.75) is 11.8 Å². The van der Waals surface area contributed by atoms with Gasteiger partial charge in [-0.3, -0.25) is 0 Å². The van der Waals surface area contributed by atoms with Gasteiger partial charge in [-0.2, -0.15) is 4.98 Å². The van der Waals surface area contributed by atoms with E-state index in [1.165, 1.54) is 0 Å². The summed E-state index contributed by atoms with van der Waals surface area (Å²) in [6.45, 7) is 1.61. The first-order valence-corrected chi connectivity index (χ1v) is 11.4. The Bertz CT molecular complexity index is 1160. The second-order valence-corrected chi connectivity index (χ2v) is 9.21. The van der Waals surface area contributed by atoms with Gasteiger partial charge in [-0.05, 0) is 40.2 Å². The molecule has 0 amide bonds. The number of nitrogens with zero attached hydrogens (tertiary/aromatic N) is 2. The Labute approximate surface area is 183 Å². The molecule has 0 unspecified atom stereocenters. The van der Waals surface area contributed by atoms with Crippen molar-refractivity contribution < 1.29 is 17.9 Å². The van der Waals surface area contributed by atoms with Crippen LogP contribution in [0.15, 0.2) is 58.0 Å². The number of para-hydroxylation sites is 1. The first-order valence-electron chi connectivity index (χ1n) is 8.98. The average molecular weight is 493 g/mol. The standard InChI is InChI=1S/C20H21BrN4O4S/c1-4-30(26,27)18-8-6-5-7-16(18)23-19-14(21)12-22-20(25-19)24-15-10-9-13(28-2)11-17(15)29-3/h5-12H,4H2,1-3H3,(H2,22,23,24,25). The smallest absolute Gasteiger partial charge is 0.229 e. The molecule has 1 heterocycles. The number of methoxy groups -OCH3 is 2. The summed E-state index contributed by atoms with van der Waals surface area (Å²) in [5.41, 5.74) is 1.09. The van der Waals surface area contributed by atoms with Crippen LogP contribution >= 0.6 is 15.9 Å². The second kappa shape index (κ2) is 9.31. The molecule has 10 heteroatoms. The number of sulfone groups is 1. The van der Waals surface area contributed by atoms with Crippen molar-refractivity contribution >= 4 is 48.9 Å². The van der Waals surface area contributed by atoms with Gasteiger partial charge in [0.15, 0.2) is 9.84 Å². The van der Waals surface area contributed by atoms with E-state index in [-0.39, 0.29) is 10.6 Å². The molecule has 0 atom stereocenters. The van der Waals surface area contributed by atoms with Crippen molar-refractivity contribution in [1.29, 1.82) is 0 Å². The molecule has 2 N–H and O–H groups in total. The van der Waals surface area contributed by atoms with Gasteiger partial charge < -0.3 is 20.1 Å². The second-order valence-electron chi connectivity index (χ2n) is 6.11. The number of hydrogen-bond acceptors (Lipinski definition) is 8. The SMILES string of the molecule is CCS(=O)(=O)c1ccccc1Nc1nc(Nc2ccc(OC)cc2OC)ncc1Br. The molecule has 0 radical (unpaired) electrons. The summed E-state index contributed by atoms with van der Waals surface area (Å²) in [5.74, 6) is 1.94. The maximum absolute atomic E-state index is 12.4. The molecular formula is C20H21BrN4O4S. The van der Waals surface area contributed by atoms with Gasteiger partial charge in [-0.15, -0.1) is 0 Å². The van der Waals surface area contributed by atoms with Crippen LogP contribution in [0.1, 0.15) is 6.92 Å². The van der Waals surface area contributed by atoms with Gasteiger partial charge in [0.2, 0.25) is 5.95 Å². The predicted octanol–water partition coefficient (Wildman–Crippen LogP) is 4.54. The van der Waals surface area contributed by atoms with E-state index in [1.807, 2.05) is 0 Å². The number of rotatable bonds is 8. The van der Waals surface area contributed by atoms with Crippen LogP contribution < -0.4 is 20.1 Å². The minimum Gasteiger partial charge on any atom is -0.497 e. The molecule has 0 spiro atoms. The topological polar surface area (TPSA) is 102 Å². The summed E-state index contributed by atoms with van der Waals surface area (Å²) in [6, 6.07) is 12.0.